The Kier molecular flexibility index (Phi) is 3.25. The van der Waals surface area contributed by atoms with Crippen LogP contribution in [-0.2, 0) is 13.0 Å². The van der Waals surface area contributed by atoms with E-state index in [-0.39, 0.29) is 0 Å². The van der Waals surface area contributed by atoms with E-state index in [9.17, 15) is 0 Å². The summed E-state index contributed by atoms with van der Waals surface area (Å²) >= 11 is 0. The second-order valence-corrected chi connectivity index (χ2v) is 4.55. The molecule has 1 aromatic carbocycles. The van der Waals surface area contributed by atoms with Crippen molar-refractivity contribution in [3.8, 4) is 5.75 Å². The molecule has 5 heteroatoms. The number of hydrogen-bond acceptors (Lipinski definition) is 4. The van der Waals surface area contributed by atoms with Crippen LogP contribution >= 0.6 is 0 Å². The highest BCUT2D eigenvalue weighted by atomic mass is 16.5. The summed E-state index contributed by atoms with van der Waals surface area (Å²) in [6, 6.07) is 11.7. The van der Waals surface area contributed by atoms with Crippen molar-refractivity contribution in [1.29, 1.82) is 0 Å². The van der Waals surface area contributed by atoms with E-state index in [1.54, 1.807) is 13.3 Å². The predicted molar refractivity (Wildman–Crippen MR) is 78.6 cm³/mol. The minimum atomic E-state index is 0.518. The molecule has 0 bridgehead atoms. The molecule has 102 valence electrons. The molecule has 0 spiro atoms. The maximum Gasteiger partial charge on any atom is 0.201 e. The molecule has 0 saturated carbocycles. The third-order valence-corrected chi connectivity index (χ3v) is 3.30. The minimum absolute atomic E-state index is 0.518. The zero-order valence-corrected chi connectivity index (χ0v) is 11.3. The first kappa shape index (κ1) is 12.5. The lowest BCUT2D eigenvalue weighted by atomic mass is 10.2. The summed E-state index contributed by atoms with van der Waals surface area (Å²) < 4.78 is 7.25. The molecule has 3 aromatic rings. The standard InChI is InChI=1S/C15H16N4O/c1-20-12-5-6-13-14(10-12)19(15(16)18-13)9-7-11-4-2-3-8-17-11/h2-6,8,10H,7,9H2,1H3,(H2,16,18). The Balaban J connectivity index is 1.92. The number of anilines is 1. The topological polar surface area (TPSA) is 66.0 Å². The van der Waals surface area contributed by atoms with Crippen molar-refractivity contribution in [2.75, 3.05) is 12.8 Å². The number of benzene rings is 1. The number of nitrogen functional groups attached to an aromatic ring is 1. The van der Waals surface area contributed by atoms with Crippen molar-refractivity contribution in [1.82, 2.24) is 14.5 Å². The summed E-state index contributed by atoms with van der Waals surface area (Å²) in [5, 5.41) is 0. The summed E-state index contributed by atoms with van der Waals surface area (Å²) in [7, 11) is 1.65. The van der Waals surface area contributed by atoms with Crippen LogP contribution in [0.5, 0.6) is 5.75 Å². The number of ether oxygens (including phenoxy) is 1. The normalized spacial score (nSPS) is 10.8. The molecule has 0 amide bonds. The molecular formula is C15H16N4O. The number of nitrogens with two attached hydrogens (primary N) is 1. The summed E-state index contributed by atoms with van der Waals surface area (Å²) in [4.78, 5) is 8.69. The third kappa shape index (κ3) is 2.30. The summed E-state index contributed by atoms with van der Waals surface area (Å²) in [6.07, 6.45) is 2.61. The van der Waals surface area contributed by atoms with E-state index in [1.807, 2.05) is 41.0 Å². The van der Waals surface area contributed by atoms with Gasteiger partial charge in [0, 0.05) is 30.9 Å². The molecule has 5 nitrogen and oxygen atoms in total. The van der Waals surface area contributed by atoms with Crippen LogP contribution in [0.2, 0.25) is 0 Å². The number of pyridine rings is 1. The lowest BCUT2D eigenvalue weighted by Gasteiger charge is -2.07. The largest absolute Gasteiger partial charge is 0.497 e. The molecule has 2 aromatic heterocycles. The van der Waals surface area contributed by atoms with Crippen LogP contribution in [0.15, 0.2) is 42.6 Å². The molecule has 0 saturated heterocycles. The summed E-state index contributed by atoms with van der Waals surface area (Å²) in [6.45, 7) is 0.743. The molecule has 0 aliphatic heterocycles. The zero-order valence-electron chi connectivity index (χ0n) is 11.3. The molecule has 2 heterocycles. The molecule has 3 rings (SSSR count). The van der Waals surface area contributed by atoms with E-state index in [2.05, 4.69) is 9.97 Å². The Bertz CT molecular complexity index is 721. The highest BCUT2D eigenvalue weighted by Gasteiger charge is 2.09. The van der Waals surface area contributed by atoms with Crippen LogP contribution < -0.4 is 10.5 Å². The molecular weight excluding hydrogens is 252 g/mol. The minimum Gasteiger partial charge on any atom is -0.497 e. The van der Waals surface area contributed by atoms with Crippen LogP contribution in [0.1, 0.15) is 5.69 Å². The van der Waals surface area contributed by atoms with Crippen molar-refractivity contribution >= 4 is 17.0 Å². The van der Waals surface area contributed by atoms with Gasteiger partial charge in [0.15, 0.2) is 0 Å². The van der Waals surface area contributed by atoms with Gasteiger partial charge in [-0.05, 0) is 24.3 Å². The lowest BCUT2D eigenvalue weighted by molar-refractivity contribution is 0.415. The van der Waals surface area contributed by atoms with Crippen LogP contribution in [0.3, 0.4) is 0 Å². The van der Waals surface area contributed by atoms with Crippen molar-refractivity contribution in [3.05, 3.63) is 48.3 Å². The Hall–Kier alpha value is -2.56. The summed E-state index contributed by atoms with van der Waals surface area (Å²) in [5.74, 6) is 1.32. The van der Waals surface area contributed by atoms with Gasteiger partial charge in [0.2, 0.25) is 5.95 Å². The second-order valence-electron chi connectivity index (χ2n) is 4.55. The second kappa shape index (κ2) is 5.21. The van der Waals surface area contributed by atoms with Gasteiger partial charge in [-0.15, -0.1) is 0 Å². The van der Waals surface area contributed by atoms with Gasteiger partial charge in [0.25, 0.3) is 0 Å². The van der Waals surface area contributed by atoms with E-state index in [4.69, 9.17) is 10.5 Å². The van der Waals surface area contributed by atoms with Crippen LogP contribution in [0, 0.1) is 0 Å². The van der Waals surface area contributed by atoms with Gasteiger partial charge in [-0.1, -0.05) is 6.07 Å². The van der Waals surface area contributed by atoms with E-state index >= 15 is 0 Å². The van der Waals surface area contributed by atoms with Crippen LogP contribution in [-0.4, -0.2) is 21.6 Å². The number of rotatable bonds is 4. The first-order valence-corrected chi connectivity index (χ1v) is 6.47. The van der Waals surface area contributed by atoms with Crippen molar-refractivity contribution < 1.29 is 4.74 Å². The highest BCUT2D eigenvalue weighted by Crippen LogP contribution is 2.23. The maximum atomic E-state index is 6.00. The van der Waals surface area contributed by atoms with Crippen molar-refractivity contribution in [3.63, 3.8) is 0 Å². The van der Waals surface area contributed by atoms with Gasteiger partial charge in [-0.3, -0.25) is 4.98 Å². The molecule has 0 unspecified atom stereocenters. The van der Waals surface area contributed by atoms with Crippen LogP contribution in [0.25, 0.3) is 11.0 Å². The first-order chi connectivity index (χ1) is 9.78. The highest BCUT2D eigenvalue weighted by molar-refractivity contribution is 5.79. The van der Waals surface area contributed by atoms with Gasteiger partial charge in [-0.25, -0.2) is 4.98 Å². The monoisotopic (exact) mass is 268 g/mol. The fraction of sp³-hybridized carbons (Fsp3) is 0.200. The van der Waals surface area contributed by atoms with Gasteiger partial charge in [-0.2, -0.15) is 0 Å². The lowest BCUT2D eigenvalue weighted by Crippen LogP contribution is -2.06. The average molecular weight is 268 g/mol. The number of hydrogen-bond donors (Lipinski definition) is 1. The van der Waals surface area contributed by atoms with Gasteiger partial charge < -0.3 is 15.0 Å². The first-order valence-electron chi connectivity index (χ1n) is 6.47. The summed E-state index contributed by atoms with van der Waals surface area (Å²) in [5.41, 5.74) is 8.90. The van der Waals surface area contributed by atoms with E-state index in [0.717, 1.165) is 35.4 Å². The molecule has 2 N–H and O–H groups in total. The molecule has 0 atom stereocenters. The van der Waals surface area contributed by atoms with Gasteiger partial charge >= 0.3 is 0 Å². The molecule has 20 heavy (non-hydrogen) atoms. The van der Waals surface area contributed by atoms with Crippen molar-refractivity contribution in [2.24, 2.45) is 0 Å². The number of aryl methyl sites for hydroxylation is 2. The maximum absolute atomic E-state index is 6.00. The van der Waals surface area contributed by atoms with E-state index < -0.39 is 0 Å². The molecule has 0 aliphatic rings. The average Bonchev–Trinajstić information content (AvgIpc) is 2.80. The number of nitrogens with zero attached hydrogens (tertiary/aromatic N) is 3. The zero-order chi connectivity index (χ0) is 13.9. The quantitative estimate of drug-likeness (QED) is 0.788. The van der Waals surface area contributed by atoms with Gasteiger partial charge in [0.1, 0.15) is 5.75 Å². The van der Waals surface area contributed by atoms with Crippen LogP contribution in [0.4, 0.5) is 5.95 Å². The molecule has 0 radical (unpaired) electrons. The Morgan fingerprint density at radius 3 is 2.90 bits per heavy atom. The smallest absolute Gasteiger partial charge is 0.201 e. The fourth-order valence-corrected chi connectivity index (χ4v) is 2.26. The molecule has 0 fully saturated rings. The number of methoxy groups -OCH3 is 1. The Labute approximate surface area is 117 Å². The fourth-order valence-electron chi connectivity index (χ4n) is 2.26. The predicted octanol–water partition coefficient (Wildman–Crippen LogP) is 2.26. The SMILES string of the molecule is COc1ccc2nc(N)n(CCc3ccccn3)c2c1. The molecule has 0 aliphatic carbocycles. The Morgan fingerprint density at radius 1 is 1.25 bits per heavy atom. The third-order valence-electron chi connectivity index (χ3n) is 3.30. The Morgan fingerprint density at radius 2 is 2.15 bits per heavy atom. The van der Waals surface area contributed by atoms with E-state index in [1.165, 1.54) is 0 Å². The number of fused-ring (bicyclic) bond motifs is 1. The number of imidazole rings is 1. The van der Waals surface area contributed by atoms with Crippen molar-refractivity contribution in [2.45, 2.75) is 13.0 Å². The van der Waals surface area contributed by atoms with Gasteiger partial charge in [0.05, 0.1) is 18.1 Å². The number of aromatic nitrogens is 3. The van der Waals surface area contributed by atoms with E-state index in [0.29, 0.717) is 5.95 Å².